The van der Waals surface area contributed by atoms with Crippen LogP contribution in [0.4, 0.5) is 0 Å². The summed E-state index contributed by atoms with van der Waals surface area (Å²) in [6, 6.07) is 13.8. The van der Waals surface area contributed by atoms with Crippen molar-refractivity contribution in [1.29, 1.82) is 0 Å². The van der Waals surface area contributed by atoms with Crippen LogP contribution in [-0.2, 0) is 0 Å². The Hall–Kier alpha value is -2.29. The minimum absolute atomic E-state index is 0.0879. The summed E-state index contributed by atoms with van der Waals surface area (Å²) in [7, 11) is 0. The van der Waals surface area contributed by atoms with Gasteiger partial charge in [0.05, 0.1) is 0 Å². The standard InChI is InChI=1S/C14H8N2O/c17-14-11-7-3-6-9-8-4-1-2-5-10(8)13(12(9)11)15-16-14/h1-7,13H. The number of hydrogen-bond acceptors (Lipinski definition) is 2. The van der Waals surface area contributed by atoms with Crippen molar-refractivity contribution in [1.82, 2.24) is 0 Å². The van der Waals surface area contributed by atoms with Crippen LogP contribution in [0.2, 0.25) is 0 Å². The summed E-state index contributed by atoms with van der Waals surface area (Å²) in [6.45, 7) is 0. The molecule has 0 bridgehead atoms. The maximum absolute atomic E-state index is 11.7. The number of carbonyl (C=O) groups excluding carboxylic acids is 1. The quantitative estimate of drug-likeness (QED) is 0.671. The number of hydrogen-bond donors (Lipinski definition) is 0. The molecular formula is C14H8N2O. The zero-order valence-corrected chi connectivity index (χ0v) is 8.92. The van der Waals surface area contributed by atoms with Gasteiger partial charge in [-0.3, -0.25) is 4.79 Å². The summed E-state index contributed by atoms with van der Waals surface area (Å²) >= 11 is 0. The lowest BCUT2D eigenvalue weighted by atomic mass is 9.98. The normalized spacial score (nSPS) is 19.1. The molecule has 1 unspecified atom stereocenters. The van der Waals surface area contributed by atoms with Crippen molar-refractivity contribution in [2.75, 3.05) is 0 Å². The van der Waals surface area contributed by atoms with Gasteiger partial charge in [0.25, 0.3) is 5.91 Å². The van der Waals surface area contributed by atoms with Gasteiger partial charge in [-0.05, 0) is 22.8 Å². The summed E-state index contributed by atoms with van der Waals surface area (Å²) in [6.07, 6.45) is 0. The molecule has 4 rings (SSSR count). The SMILES string of the molecule is O=C1N=NC2c3ccccc3-c3cccc1c32. The van der Waals surface area contributed by atoms with E-state index in [1.165, 1.54) is 5.56 Å². The van der Waals surface area contributed by atoms with Crippen LogP contribution in [0.5, 0.6) is 0 Å². The van der Waals surface area contributed by atoms with Crippen molar-refractivity contribution < 1.29 is 4.79 Å². The van der Waals surface area contributed by atoms with E-state index in [0.29, 0.717) is 5.56 Å². The van der Waals surface area contributed by atoms with Gasteiger partial charge in [-0.1, -0.05) is 36.4 Å². The van der Waals surface area contributed by atoms with Gasteiger partial charge in [-0.2, -0.15) is 5.11 Å². The average Bonchev–Trinajstić information content (AvgIpc) is 2.70. The monoisotopic (exact) mass is 220 g/mol. The number of carbonyl (C=O) groups is 1. The first kappa shape index (κ1) is 8.82. The Bertz CT molecular complexity index is 688. The van der Waals surface area contributed by atoms with Gasteiger partial charge in [0, 0.05) is 11.1 Å². The van der Waals surface area contributed by atoms with Crippen molar-refractivity contribution in [3.63, 3.8) is 0 Å². The molecule has 0 fully saturated rings. The number of nitrogens with zero attached hydrogens (tertiary/aromatic N) is 2. The molecule has 2 aliphatic rings. The Labute approximate surface area is 97.8 Å². The summed E-state index contributed by atoms with van der Waals surface area (Å²) in [5.41, 5.74) is 5.15. The van der Waals surface area contributed by atoms with Gasteiger partial charge < -0.3 is 0 Å². The fraction of sp³-hybridized carbons (Fsp3) is 0.0714. The first-order valence-electron chi connectivity index (χ1n) is 5.53. The summed E-state index contributed by atoms with van der Waals surface area (Å²) < 4.78 is 0. The number of amides is 1. The zero-order valence-electron chi connectivity index (χ0n) is 8.92. The lowest BCUT2D eigenvalue weighted by Gasteiger charge is -2.13. The van der Waals surface area contributed by atoms with E-state index in [4.69, 9.17) is 0 Å². The highest BCUT2D eigenvalue weighted by Gasteiger charge is 2.34. The van der Waals surface area contributed by atoms with Crippen LogP contribution in [0.1, 0.15) is 27.5 Å². The van der Waals surface area contributed by atoms with Gasteiger partial charge in [-0.25, -0.2) is 0 Å². The first-order chi connectivity index (χ1) is 8.36. The molecule has 80 valence electrons. The van der Waals surface area contributed by atoms with Crippen LogP contribution in [-0.4, -0.2) is 5.91 Å². The lowest BCUT2D eigenvalue weighted by molar-refractivity contribution is 0.0986. The molecule has 0 radical (unpaired) electrons. The molecule has 2 aromatic carbocycles. The van der Waals surface area contributed by atoms with Crippen LogP contribution < -0.4 is 0 Å². The molecule has 17 heavy (non-hydrogen) atoms. The van der Waals surface area contributed by atoms with E-state index < -0.39 is 0 Å². The Kier molecular flexibility index (Phi) is 1.50. The van der Waals surface area contributed by atoms with Crippen LogP contribution in [0.15, 0.2) is 52.7 Å². The van der Waals surface area contributed by atoms with Gasteiger partial charge in [-0.15, -0.1) is 5.11 Å². The second kappa shape index (κ2) is 2.88. The third-order valence-electron chi connectivity index (χ3n) is 3.42. The Morgan fingerprint density at radius 3 is 2.59 bits per heavy atom. The summed E-state index contributed by atoms with van der Waals surface area (Å²) in [4.78, 5) is 11.7. The molecule has 0 spiro atoms. The van der Waals surface area contributed by atoms with E-state index in [9.17, 15) is 4.79 Å². The van der Waals surface area contributed by atoms with Crippen molar-refractivity contribution >= 4 is 5.91 Å². The topological polar surface area (TPSA) is 41.8 Å². The van der Waals surface area contributed by atoms with Crippen molar-refractivity contribution in [2.24, 2.45) is 10.2 Å². The highest BCUT2D eigenvalue weighted by molar-refractivity contribution is 6.01. The van der Waals surface area contributed by atoms with Crippen LogP contribution in [0, 0.1) is 0 Å². The van der Waals surface area contributed by atoms with Gasteiger partial charge in [0.2, 0.25) is 0 Å². The average molecular weight is 220 g/mol. The van der Waals surface area contributed by atoms with E-state index in [2.05, 4.69) is 22.4 Å². The Morgan fingerprint density at radius 1 is 0.882 bits per heavy atom. The molecule has 3 heteroatoms. The second-order valence-corrected chi connectivity index (χ2v) is 4.28. The lowest BCUT2D eigenvalue weighted by Crippen LogP contribution is -2.08. The minimum Gasteiger partial charge on any atom is -0.265 e. The molecule has 2 aromatic rings. The minimum atomic E-state index is -0.231. The van der Waals surface area contributed by atoms with E-state index in [-0.39, 0.29) is 11.9 Å². The summed E-state index contributed by atoms with van der Waals surface area (Å²) in [5.74, 6) is -0.231. The number of azo groups is 1. The fourth-order valence-corrected chi connectivity index (χ4v) is 2.70. The number of benzene rings is 2. The molecule has 1 atom stereocenters. The molecule has 1 amide bonds. The molecule has 1 aliphatic carbocycles. The Balaban J connectivity index is 2.15. The van der Waals surface area contributed by atoms with Gasteiger partial charge in [0.15, 0.2) is 0 Å². The first-order valence-corrected chi connectivity index (χ1v) is 5.53. The molecule has 0 saturated carbocycles. The van der Waals surface area contributed by atoms with Crippen molar-refractivity contribution in [3.05, 3.63) is 59.2 Å². The molecule has 1 aliphatic heterocycles. The molecule has 0 N–H and O–H groups in total. The van der Waals surface area contributed by atoms with E-state index in [1.807, 2.05) is 30.3 Å². The Morgan fingerprint density at radius 2 is 1.65 bits per heavy atom. The highest BCUT2D eigenvalue weighted by Crippen LogP contribution is 2.48. The molecule has 0 aromatic heterocycles. The second-order valence-electron chi connectivity index (χ2n) is 4.28. The number of fused-ring (bicyclic) bond motifs is 3. The van der Waals surface area contributed by atoms with Crippen LogP contribution in [0.25, 0.3) is 11.1 Å². The van der Waals surface area contributed by atoms with Gasteiger partial charge in [0.1, 0.15) is 6.04 Å². The molecule has 1 heterocycles. The van der Waals surface area contributed by atoms with Crippen LogP contribution >= 0.6 is 0 Å². The van der Waals surface area contributed by atoms with Crippen molar-refractivity contribution in [3.8, 4) is 11.1 Å². The van der Waals surface area contributed by atoms with E-state index in [0.717, 1.165) is 16.7 Å². The predicted octanol–water partition coefficient (Wildman–Crippen LogP) is 3.36. The van der Waals surface area contributed by atoms with Crippen LogP contribution in [0.3, 0.4) is 0 Å². The third kappa shape index (κ3) is 0.984. The molecular weight excluding hydrogens is 212 g/mol. The highest BCUT2D eigenvalue weighted by atomic mass is 16.1. The van der Waals surface area contributed by atoms with E-state index in [1.54, 1.807) is 0 Å². The smallest absolute Gasteiger partial charge is 0.265 e. The fourth-order valence-electron chi connectivity index (χ4n) is 2.70. The largest absolute Gasteiger partial charge is 0.295 e. The summed E-state index contributed by atoms with van der Waals surface area (Å²) in [5, 5.41) is 7.88. The number of rotatable bonds is 0. The van der Waals surface area contributed by atoms with E-state index >= 15 is 0 Å². The van der Waals surface area contributed by atoms with Crippen molar-refractivity contribution in [2.45, 2.75) is 6.04 Å². The third-order valence-corrected chi connectivity index (χ3v) is 3.42. The predicted molar refractivity (Wildman–Crippen MR) is 62.9 cm³/mol. The molecule has 3 nitrogen and oxygen atoms in total. The van der Waals surface area contributed by atoms with Gasteiger partial charge >= 0.3 is 0 Å². The maximum Gasteiger partial charge on any atom is 0.295 e. The maximum atomic E-state index is 11.7. The molecule has 0 saturated heterocycles. The zero-order chi connectivity index (χ0) is 11.4.